The van der Waals surface area contributed by atoms with Gasteiger partial charge in [-0.15, -0.1) is 0 Å². The number of hydrogen-bond donors (Lipinski definition) is 2. The predicted octanol–water partition coefficient (Wildman–Crippen LogP) is 3.61. The van der Waals surface area contributed by atoms with Crippen LogP contribution in [0.4, 0.5) is 9.59 Å². The lowest BCUT2D eigenvalue weighted by Gasteiger charge is -2.45. The molecular formula is C28H40N2O9. The number of nitrogens with one attached hydrogen (secondary N) is 1. The Kier molecular flexibility index (Phi) is 11.2. The van der Waals surface area contributed by atoms with Gasteiger partial charge in [0.05, 0.1) is 31.8 Å². The monoisotopic (exact) mass is 548 g/mol. The van der Waals surface area contributed by atoms with Crippen LogP contribution in [0.3, 0.4) is 0 Å². The maximum Gasteiger partial charge on any atom is 0.411 e. The highest BCUT2D eigenvalue weighted by Crippen LogP contribution is 2.47. The van der Waals surface area contributed by atoms with E-state index in [1.807, 2.05) is 13.0 Å². The first-order chi connectivity index (χ1) is 18.4. The lowest BCUT2D eigenvalue weighted by molar-refractivity contribution is -0.143. The maximum absolute atomic E-state index is 13.5. The number of ether oxygens (including phenoxy) is 5. The minimum absolute atomic E-state index is 0.0878. The molecule has 0 aliphatic carbocycles. The number of amides is 2. The Balaban J connectivity index is 2.81. The van der Waals surface area contributed by atoms with E-state index in [9.17, 15) is 19.5 Å². The summed E-state index contributed by atoms with van der Waals surface area (Å²) in [6.45, 7) is 14.9. The van der Waals surface area contributed by atoms with Gasteiger partial charge in [0.2, 0.25) is 0 Å². The highest BCUT2D eigenvalue weighted by atomic mass is 16.6. The third-order valence-electron chi connectivity index (χ3n) is 5.83. The highest BCUT2D eigenvalue weighted by Gasteiger charge is 2.46. The van der Waals surface area contributed by atoms with Gasteiger partial charge in [-0.2, -0.15) is 0 Å². The number of carbonyl (C=O) groups is 3. The lowest BCUT2D eigenvalue weighted by Crippen LogP contribution is -2.57. The highest BCUT2D eigenvalue weighted by molar-refractivity contribution is 5.73. The first kappa shape index (κ1) is 31.5. The standard InChI is InChI=1S/C28H40N2O9/c1-9-11-36-25-22-19(13-17(3)24(25)35-8)14-20(16-38-18(4)32)30(27(34)37-12-10-2)23(22)21(15-31)29-26(33)39-28(5,6)7/h9-10,13,20-21,23,31H,1-2,11-12,14-16H2,3-8H3,(H,29,33)/t20-,21?,23-/m0/s1. The molecule has 1 aliphatic heterocycles. The van der Waals surface area contributed by atoms with Crippen LogP contribution in [-0.4, -0.2) is 79.4 Å². The minimum atomic E-state index is -1.08. The first-order valence-electron chi connectivity index (χ1n) is 12.6. The quantitative estimate of drug-likeness (QED) is 0.242. The van der Waals surface area contributed by atoms with E-state index < -0.39 is 48.5 Å². The van der Waals surface area contributed by atoms with Gasteiger partial charge >= 0.3 is 18.2 Å². The zero-order chi connectivity index (χ0) is 29.3. The van der Waals surface area contributed by atoms with Crippen LogP contribution < -0.4 is 14.8 Å². The molecule has 39 heavy (non-hydrogen) atoms. The smallest absolute Gasteiger partial charge is 0.411 e. The number of alkyl carbamates (subject to hydrolysis) is 1. The summed E-state index contributed by atoms with van der Waals surface area (Å²) in [6, 6.07) is -0.915. The molecule has 1 unspecified atom stereocenters. The molecule has 3 atom stereocenters. The maximum atomic E-state index is 13.5. The Bertz CT molecular complexity index is 1060. The van der Waals surface area contributed by atoms with Crippen molar-refractivity contribution in [3.05, 3.63) is 48.1 Å². The molecule has 0 saturated carbocycles. The van der Waals surface area contributed by atoms with E-state index >= 15 is 0 Å². The van der Waals surface area contributed by atoms with Crippen molar-refractivity contribution in [3.8, 4) is 11.5 Å². The Morgan fingerprint density at radius 3 is 2.38 bits per heavy atom. The fourth-order valence-electron chi connectivity index (χ4n) is 4.50. The van der Waals surface area contributed by atoms with E-state index in [0.29, 0.717) is 17.1 Å². The summed E-state index contributed by atoms with van der Waals surface area (Å²) >= 11 is 0. The van der Waals surface area contributed by atoms with Gasteiger partial charge in [0, 0.05) is 12.5 Å². The van der Waals surface area contributed by atoms with E-state index in [1.165, 1.54) is 25.0 Å². The second-order valence-corrected chi connectivity index (χ2v) is 10.0. The van der Waals surface area contributed by atoms with E-state index in [0.717, 1.165) is 11.1 Å². The number of nitrogens with zero attached hydrogens (tertiary/aromatic N) is 1. The molecule has 11 heteroatoms. The summed E-state index contributed by atoms with van der Waals surface area (Å²) in [5.41, 5.74) is 1.22. The fraction of sp³-hybridized carbons (Fsp3) is 0.536. The Labute approximate surface area is 229 Å². The largest absolute Gasteiger partial charge is 0.493 e. The molecule has 216 valence electrons. The van der Waals surface area contributed by atoms with Crippen molar-refractivity contribution in [1.29, 1.82) is 0 Å². The fourth-order valence-corrected chi connectivity index (χ4v) is 4.50. The molecule has 2 N–H and O–H groups in total. The SMILES string of the molecule is C=CCOC(=O)N1[C@H](COC(C)=O)Cc2cc(C)c(OC)c(OCC=C)c2[C@@H]1C(CO)NC(=O)OC(C)(C)C. The number of methoxy groups -OCH3 is 1. The molecule has 0 spiro atoms. The van der Waals surface area contributed by atoms with Crippen LogP contribution in [0.5, 0.6) is 11.5 Å². The molecule has 0 saturated heterocycles. The van der Waals surface area contributed by atoms with Crippen LogP contribution in [0.1, 0.15) is 50.4 Å². The lowest BCUT2D eigenvalue weighted by atomic mass is 9.83. The number of hydrogen-bond acceptors (Lipinski definition) is 9. The summed E-state index contributed by atoms with van der Waals surface area (Å²) < 4.78 is 27.9. The number of carbonyl (C=O) groups excluding carboxylic acids is 3. The van der Waals surface area contributed by atoms with Crippen molar-refractivity contribution in [2.24, 2.45) is 0 Å². The Morgan fingerprint density at radius 2 is 1.85 bits per heavy atom. The number of aliphatic hydroxyl groups is 1. The van der Waals surface area contributed by atoms with E-state index in [1.54, 1.807) is 26.8 Å². The summed E-state index contributed by atoms with van der Waals surface area (Å²) in [4.78, 5) is 39.4. The van der Waals surface area contributed by atoms with E-state index in [2.05, 4.69) is 18.5 Å². The molecule has 1 aliphatic rings. The van der Waals surface area contributed by atoms with Crippen LogP contribution in [0.25, 0.3) is 0 Å². The average molecular weight is 549 g/mol. The van der Waals surface area contributed by atoms with Crippen LogP contribution in [0.2, 0.25) is 0 Å². The van der Waals surface area contributed by atoms with Gasteiger partial charge in [0.1, 0.15) is 25.4 Å². The molecule has 0 radical (unpaired) electrons. The molecule has 1 aromatic rings. The van der Waals surface area contributed by atoms with Gasteiger partial charge in [0.25, 0.3) is 0 Å². The summed E-state index contributed by atoms with van der Waals surface area (Å²) in [5.74, 6) is 0.227. The van der Waals surface area contributed by atoms with Gasteiger partial charge < -0.3 is 34.1 Å². The number of rotatable bonds is 11. The van der Waals surface area contributed by atoms with Crippen molar-refractivity contribution in [2.75, 3.05) is 33.5 Å². The molecule has 0 fully saturated rings. The van der Waals surface area contributed by atoms with Crippen LogP contribution in [-0.2, 0) is 25.4 Å². The van der Waals surface area contributed by atoms with Crippen LogP contribution in [0, 0.1) is 6.92 Å². The average Bonchev–Trinajstić information content (AvgIpc) is 2.85. The Hall–Kier alpha value is -3.73. The predicted molar refractivity (Wildman–Crippen MR) is 144 cm³/mol. The van der Waals surface area contributed by atoms with Crippen LogP contribution in [0.15, 0.2) is 31.4 Å². The Morgan fingerprint density at radius 1 is 1.18 bits per heavy atom. The van der Waals surface area contributed by atoms with Gasteiger partial charge in [-0.3, -0.25) is 9.69 Å². The molecule has 1 heterocycles. The molecule has 0 aromatic heterocycles. The van der Waals surface area contributed by atoms with Crippen molar-refractivity contribution in [3.63, 3.8) is 0 Å². The zero-order valence-electron chi connectivity index (χ0n) is 23.6. The third kappa shape index (κ3) is 8.13. The van der Waals surface area contributed by atoms with Crippen molar-refractivity contribution in [2.45, 2.75) is 64.8 Å². The number of fused-ring (bicyclic) bond motifs is 1. The number of esters is 1. The molecule has 2 amide bonds. The zero-order valence-corrected chi connectivity index (χ0v) is 23.6. The topological polar surface area (TPSA) is 133 Å². The number of aryl methyl sites for hydroxylation is 1. The van der Waals surface area contributed by atoms with Crippen LogP contribution >= 0.6 is 0 Å². The van der Waals surface area contributed by atoms with Gasteiger partial charge in [-0.05, 0) is 45.2 Å². The molecule has 1 aromatic carbocycles. The van der Waals surface area contributed by atoms with E-state index in [4.69, 9.17) is 23.7 Å². The van der Waals surface area contributed by atoms with Crippen molar-refractivity contribution in [1.82, 2.24) is 10.2 Å². The summed E-state index contributed by atoms with van der Waals surface area (Å²) in [7, 11) is 1.50. The van der Waals surface area contributed by atoms with Gasteiger partial charge in [-0.25, -0.2) is 9.59 Å². The normalized spacial score (nSPS) is 17.3. The van der Waals surface area contributed by atoms with Gasteiger partial charge in [0.15, 0.2) is 11.5 Å². The number of benzene rings is 1. The van der Waals surface area contributed by atoms with Gasteiger partial charge in [-0.1, -0.05) is 31.4 Å². The summed E-state index contributed by atoms with van der Waals surface area (Å²) in [6.07, 6.45) is 1.69. The molecule has 2 rings (SSSR count). The third-order valence-corrected chi connectivity index (χ3v) is 5.83. The minimum Gasteiger partial charge on any atom is -0.493 e. The van der Waals surface area contributed by atoms with Crippen molar-refractivity contribution < 1.29 is 43.2 Å². The molecule has 11 nitrogen and oxygen atoms in total. The second-order valence-electron chi connectivity index (χ2n) is 10.0. The first-order valence-corrected chi connectivity index (χ1v) is 12.6. The summed E-state index contributed by atoms with van der Waals surface area (Å²) in [5, 5.41) is 13.2. The van der Waals surface area contributed by atoms with Crippen molar-refractivity contribution >= 4 is 18.2 Å². The number of aliphatic hydroxyl groups excluding tert-OH is 1. The second kappa shape index (κ2) is 13.9. The molecular weight excluding hydrogens is 508 g/mol. The molecule has 0 bridgehead atoms. The van der Waals surface area contributed by atoms with E-state index in [-0.39, 0.29) is 26.2 Å².